The number of nitrogens with zero attached hydrogens (tertiary/aromatic N) is 4. The van der Waals surface area contributed by atoms with E-state index in [9.17, 15) is 33.4 Å². The van der Waals surface area contributed by atoms with E-state index in [2.05, 4.69) is 33.4 Å². The number of hydrogen-bond acceptors (Lipinski definition) is 13. The molecule has 1 fully saturated rings. The van der Waals surface area contributed by atoms with Gasteiger partial charge in [0, 0.05) is 43.2 Å². The Morgan fingerprint density at radius 3 is 2.56 bits per heavy atom. The van der Waals surface area contributed by atoms with E-state index >= 15 is 0 Å². The molecule has 1 aliphatic rings. The Balaban J connectivity index is 1.42. The summed E-state index contributed by atoms with van der Waals surface area (Å²) < 4.78 is 53.5. The first-order valence-corrected chi connectivity index (χ1v) is 16.7. The van der Waals surface area contributed by atoms with Crippen molar-refractivity contribution < 1.29 is 61.1 Å². The van der Waals surface area contributed by atoms with Gasteiger partial charge in [0.1, 0.15) is 30.1 Å². The zero-order valence-corrected chi connectivity index (χ0v) is 24.6. The van der Waals surface area contributed by atoms with Crippen molar-refractivity contribution in [2.75, 3.05) is 18.9 Å². The van der Waals surface area contributed by atoms with Gasteiger partial charge in [-0.2, -0.15) is 8.62 Å². The molecule has 19 nitrogen and oxygen atoms in total. The van der Waals surface area contributed by atoms with Crippen LogP contribution in [-0.4, -0.2) is 75.5 Å². The lowest BCUT2D eigenvalue weighted by molar-refractivity contribution is -0.116. The summed E-state index contributed by atoms with van der Waals surface area (Å²) in [4.78, 5) is 60.8. The molecular weight excluding hydrogens is 637 g/mol. The number of phosphoric acid groups is 3. The molecule has 0 spiro atoms. The Hall–Kier alpha value is -2.89. The quantitative estimate of drug-likeness (QED) is 0.0981. The topological polar surface area (TPSA) is 288 Å². The van der Waals surface area contributed by atoms with Gasteiger partial charge in [-0.15, -0.1) is 0 Å². The van der Waals surface area contributed by atoms with Crippen LogP contribution in [0, 0.1) is 0 Å². The number of ether oxygens (including phenoxy) is 1. The van der Waals surface area contributed by atoms with Gasteiger partial charge in [-0.3, -0.25) is 14.3 Å². The molecule has 0 bridgehead atoms. The van der Waals surface area contributed by atoms with Crippen molar-refractivity contribution in [1.29, 1.82) is 0 Å². The van der Waals surface area contributed by atoms with Crippen molar-refractivity contribution >= 4 is 52.3 Å². The highest BCUT2D eigenvalue weighted by molar-refractivity contribution is 7.66. The molecule has 3 aromatic rings. The molecule has 3 aromatic heterocycles. The second-order valence-electron chi connectivity index (χ2n) is 9.00. The number of aromatic nitrogens is 4. The molecule has 1 saturated heterocycles. The lowest BCUT2D eigenvalue weighted by Gasteiger charge is -2.19. The monoisotopic (exact) mass is 664 g/mol. The van der Waals surface area contributed by atoms with Crippen LogP contribution in [0.25, 0.3) is 17.1 Å². The van der Waals surface area contributed by atoms with Gasteiger partial charge in [0.15, 0.2) is 0 Å². The molecule has 43 heavy (non-hydrogen) atoms. The zero-order valence-electron chi connectivity index (χ0n) is 21.9. The predicted molar refractivity (Wildman–Crippen MR) is 146 cm³/mol. The maximum Gasteiger partial charge on any atom is 0.490 e. The Bertz CT molecular complexity index is 1630. The van der Waals surface area contributed by atoms with Crippen LogP contribution in [0.3, 0.4) is 0 Å². The van der Waals surface area contributed by atoms with E-state index in [1.165, 1.54) is 23.0 Å². The fourth-order valence-corrected chi connectivity index (χ4v) is 7.12. The minimum Gasteiger partial charge on any atom is -0.390 e. The molecule has 0 aromatic carbocycles. The van der Waals surface area contributed by atoms with Gasteiger partial charge >= 0.3 is 23.5 Å². The van der Waals surface area contributed by atoms with Crippen LogP contribution in [-0.2, 0) is 42.8 Å². The van der Waals surface area contributed by atoms with Crippen molar-refractivity contribution in [3.05, 3.63) is 54.3 Å². The molecule has 22 heteroatoms. The molecule has 4 rings (SSSR count). The normalized spacial score (nSPS) is 22.0. The largest absolute Gasteiger partial charge is 0.490 e. The second kappa shape index (κ2) is 13.4. The van der Waals surface area contributed by atoms with Gasteiger partial charge in [-0.25, -0.2) is 23.7 Å². The van der Waals surface area contributed by atoms with Gasteiger partial charge in [0.2, 0.25) is 5.91 Å². The molecular formula is C21H27N6O13P3. The number of nitrogens with two attached hydrogens (primary N) is 1. The first kappa shape index (κ1) is 33.0. The highest BCUT2D eigenvalue weighted by atomic mass is 31.3. The Kier molecular flexibility index (Phi) is 10.3. The number of carbonyl (C=O) groups is 1. The van der Waals surface area contributed by atoms with Crippen molar-refractivity contribution in [1.82, 2.24) is 24.8 Å². The van der Waals surface area contributed by atoms with Crippen LogP contribution in [0.1, 0.15) is 23.8 Å². The summed E-state index contributed by atoms with van der Waals surface area (Å²) in [5.74, 6) is -0.270. The molecule has 5 atom stereocenters. The van der Waals surface area contributed by atoms with Crippen LogP contribution in [0.15, 0.2) is 43.1 Å². The van der Waals surface area contributed by atoms with Gasteiger partial charge in [-0.05, 0) is 30.2 Å². The van der Waals surface area contributed by atoms with Gasteiger partial charge < -0.3 is 45.0 Å². The van der Waals surface area contributed by atoms with E-state index in [-0.39, 0.29) is 23.8 Å². The molecule has 1 amide bonds. The number of pyridine rings is 1. The number of rotatable bonds is 13. The molecule has 234 valence electrons. The molecule has 0 radical (unpaired) electrons. The van der Waals surface area contributed by atoms with E-state index in [0.29, 0.717) is 23.9 Å². The third-order valence-corrected chi connectivity index (χ3v) is 9.68. The summed E-state index contributed by atoms with van der Waals surface area (Å²) in [6.07, 6.45) is 5.93. The smallest absolute Gasteiger partial charge is 0.390 e. The fourth-order valence-electron chi connectivity index (χ4n) is 4.09. The minimum absolute atomic E-state index is 0.0727. The SMILES string of the molecule is Nc1ncnc2c1c(/C=C/C(=O)NCCc1ccncc1)cn2[C@H]1C[C@@H](O)[C@@H](COP(=O)(O)OP(=O)(O)OP(=O)(O)O)O1. The third kappa shape index (κ3) is 9.30. The van der Waals surface area contributed by atoms with Crippen molar-refractivity contribution in [3.8, 4) is 0 Å². The third-order valence-electron chi connectivity index (χ3n) is 5.88. The van der Waals surface area contributed by atoms with E-state index in [1.54, 1.807) is 18.6 Å². The summed E-state index contributed by atoms with van der Waals surface area (Å²) in [6, 6.07) is 3.68. The molecule has 1 aliphatic heterocycles. The number of aliphatic hydroxyl groups is 1. The molecule has 0 saturated carbocycles. The number of nitrogens with one attached hydrogen (secondary N) is 1. The number of hydrogen-bond donors (Lipinski definition) is 7. The van der Waals surface area contributed by atoms with E-state index in [4.69, 9.17) is 20.3 Å². The van der Waals surface area contributed by atoms with Crippen LogP contribution >= 0.6 is 23.5 Å². The number of phosphoric ester groups is 1. The number of aliphatic hydroxyl groups excluding tert-OH is 1. The van der Waals surface area contributed by atoms with Crippen LogP contribution < -0.4 is 11.1 Å². The zero-order chi connectivity index (χ0) is 31.4. The number of anilines is 1. The maximum absolute atomic E-state index is 12.4. The minimum atomic E-state index is -5.71. The van der Waals surface area contributed by atoms with Gasteiger partial charge in [0.25, 0.3) is 0 Å². The Morgan fingerprint density at radius 2 is 1.86 bits per heavy atom. The summed E-state index contributed by atoms with van der Waals surface area (Å²) in [7, 11) is -16.7. The van der Waals surface area contributed by atoms with E-state index in [1.807, 2.05) is 12.1 Å². The van der Waals surface area contributed by atoms with Crippen molar-refractivity contribution in [2.45, 2.75) is 31.3 Å². The summed E-state index contributed by atoms with van der Waals surface area (Å²) >= 11 is 0. The fraction of sp³-hybridized carbons (Fsp3) is 0.333. The standard InChI is InChI=1S/C21H27N6O13P3/c22-20-19-14(1-2-17(29)24-8-5-13-3-6-23-7-4-13)10-27(21(19)26-12-25-20)18-9-15(28)16(38-18)11-37-42(33,34)40-43(35,36)39-41(30,31)32/h1-4,6-7,10,12,15-16,18,28H,5,8-9,11H2,(H,24,29)(H,33,34)(H,35,36)(H2,22,25,26)(H2,30,31,32)/b2-1+/t15-,16-,18-/m1/s1. The van der Waals surface area contributed by atoms with Crippen LogP contribution in [0.2, 0.25) is 0 Å². The predicted octanol–water partition coefficient (Wildman–Crippen LogP) is 0.772. The molecule has 4 heterocycles. The van der Waals surface area contributed by atoms with Gasteiger partial charge in [-0.1, -0.05) is 0 Å². The summed E-state index contributed by atoms with van der Waals surface area (Å²) in [5, 5.41) is 13.6. The van der Waals surface area contributed by atoms with Crippen molar-refractivity contribution in [3.63, 3.8) is 0 Å². The number of carbonyl (C=O) groups excluding carboxylic acids is 1. The highest BCUT2D eigenvalue weighted by Gasteiger charge is 2.43. The molecule has 8 N–H and O–H groups in total. The lowest BCUT2D eigenvalue weighted by Crippen LogP contribution is -2.26. The summed E-state index contributed by atoms with van der Waals surface area (Å²) in [5.41, 5.74) is 7.81. The van der Waals surface area contributed by atoms with Crippen LogP contribution in [0.4, 0.5) is 5.82 Å². The summed E-state index contributed by atoms with van der Waals surface area (Å²) in [6.45, 7) is -0.458. The van der Waals surface area contributed by atoms with Crippen LogP contribution in [0.5, 0.6) is 0 Å². The lowest BCUT2D eigenvalue weighted by atomic mass is 10.2. The Labute approximate surface area is 242 Å². The van der Waals surface area contributed by atoms with Crippen molar-refractivity contribution in [2.24, 2.45) is 0 Å². The Morgan fingerprint density at radius 1 is 1.14 bits per heavy atom. The number of nitrogen functional groups attached to an aromatic ring is 1. The molecule has 0 aliphatic carbocycles. The van der Waals surface area contributed by atoms with Gasteiger partial charge in [0.05, 0.1) is 18.1 Å². The van der Waals surface area contributed by atoms with E-state index < -0.39 is 48.5 Å². The highest BCUT2D eigenvalue weighted by Crippen LogP contribution is 2.66. The number of fused-ring (bicyclic) bond motifs is 1. The maximum atomic E-state index is 12.4. The first-order chi connectivity index (χ1) is 20.1. The average molecular weight is 664 g/mol. The number of amides is 1. The second-order valence-corrected chi connectivity index (χ2v) is 13.4. The first-order valence-electron chi connectivity index (χ1n) is 12.2. The average Bonchev–Trinajstić information content (AvgIpc) is 3.45. The molecule has 2 unspecified atom stereocenters. The van der Waals surface area contributed by atoms with E-state index in [0.717, 1.165) is 5.56 Å².